The van der Waals surface area contributed by atoms with E-state index in [1.807, 2.05) is 11.0 Å². The summed E-state index contributed by atoms with van der Waals surface area (Å²) in [4.78, 5) is 1.94. The number of hydrogen-bond acceptors (Lipinski definition) is 3. The minimum atomic E-state index is -0.452. The average Bonchev–Trinajstić information content (AvgIpc) is 2.38. The van der Waals surface area contributed by atoms with E-state index in [-0.39, 0.29) is 11.7 Å². The normalized spacial score (nSPS) is 20.1. The minimum absolute atomic E-state index is 0.275. The van der Waals surface area contributed by atoms with E-state index in [4.69, 9.17) is 21.6 Å². The average molecular weight is 255 g/mol. The molecule has 1 aliphatic heterocycles. The molecule has 1 aromatic carbocycles. The Kier molecular flexibility index (Phi) is 3.82. The maximum absolute atomic E-state index is 13.4. The van der Waals surface area contributed by atoms with Crippen molar-refractivity contribution in [1.29, 1.82) is 5.26 Å². The van der Waals surface area contributed by atoms with E-state index >= 15 is 0 Å². The maximum Gasteiger partial charge on any atom is 0.161 e. The molecule has 17 heavy (non-hydrogen) atoms. The van der Waals surface area contributed by atoms with Crippen molar-refractivity contribution in [3.05, 3.63) is 29.6 Å². The summed E-state index contributed by atoms with van der Waals surface area (Å²) in [7, 11) is 0. The van der Waals surface area contributed by atoms with Crippen LogP contribution in [0.25, 0.3) is 0 Å². The molecule has 0 spiro atoms. The first-order valence-corrected chi connectivity index (χ1v) is 5.88. The molecule has 1 aromatic rings. The summed E-state index contributed by atoms with van der Waals surface area (Å²) in [6.45, 7) is 1.59. The van der Waals surface area contributed by atoms with Crippen LogP contribution in [0.1, 0.15) is 5.56 Å². The lowest BCUT2D eigenvalue weighted by atomic mass is 10.1. The summed E-state index contributed by atoms with van der Waals surface area (Å²) in [5.41, 5.74) is 1.49. The smallest absolute Gasteiger partial charge is 0.161 e. The van der Waals surface area contributed by atoms with Crippen LogP contribution in [-0.4, -0.2) is 25.8 Å². The van der Waals surface area contributed by atoms with Crippen LogP contribution < -0.4 is 4.90 Å². The second kappa shape index (κ2) is 5.35. The summed E-state index contributed by atoms with van der Waals surface area (Å²) in [5, 5.41) is 8.81. The van der Waals surface area contributed by atoms with Crippen LogP contribution >= 0.6 is 11.6 Å². The third-order valence-electron chi connectivity index (χ3n) is 2.67. The Bertz CT molecular complexity index is 447. The molecule has 5 heteroatoms. The molecule has 1 saturated heterocycles. The van der Waals surface area contributed by atoms with Crippen LogP contribution in [-0.2, 0) is 10.6 Å². The lowest BCUT2D eigenvalue weighted by molar-refractivity contribution is 0.0764. The zero-order valence-electron chi connectivity index (χ0n) is 9.20. The van der Waals surface area contributed by atoms with Gasteiger partial charge in [0.15, 0.2) is 6.10 Å². The number of anilines is 1. The molecule has 0 radical (unpaired) electrons. The SMILES string of the molecule is N#CC1CN(c2cc(F)cc(CCl)c2)CCO1. The van der Waals surface area contributed by atoms with Crippen molar-refractivity contribution in [2.75, 3.05) is 24.6 Å². The Labute approximate surface area is 104 Å². The van der Waals surface area contributed by atoms with Gasteiger partial charge in [0.25, 0.3) is 0 Å². The van der Waals surface area contributed by atoms with Crippen molar-refractivity contribution in [3.63, 3.8) is 0 Å². The predicted molar refractivity (Wildman–Crippen MR) is 63.5 cm³/mol. The molecular formula is C12H12ClFN2O. The number of morpholine rings is 1. The number of rotatable bonds is 2. The van der Waals surface area contributed by atoms with Gasteiger partial charge in [0.1, 0.15) is 5.82 Å². The summed E-state index contributed by atoms with van der Waals surface area (Å²) in [6.07, 6.45) is -0.452. The number of alkyl halides is 1. The lowest BCUT2D eigenvalue weighted by Crippen LogP contribution is -2.41. The fraction of sp³-hybridized carbons (Fsp3) is 0.417. The largest absolute Gasteiger partial charge is 0.365 e. The van der Waals surface area contributed by atoms with Crippen LogP contribution in [0, 0.1) is 17.1 Å². The molecule has 0 aliphatic carbocycles. The van der Waals surface area contributed by atoms with Gasteiger partial charge in [-0.1, -0.05) is 0 Å². The van der Waals surface area contributed by atoms with Gasteiger partial charge >= 0.3 is 0 Å². The fourth-order valence-electron chi connectivity index (χ4n) is 1.85. The van der Waals surface area contributed by atoms with Crippen molar-refractivity contribution in [2.24, 2.45) is 0 Å². The van der Waals surface area contributed by atoms with Crippen molar-refractivity contribution in [1.82, 2.24) is 0 Å². The molecule has 2 rings (SSSR count). The topological polar surface area (TPSA) is 36.3 Å². The highest BCUT2D eigenvalue weighted by molar-refractivity contribution is 6.17. The zero-order chi connectivity index (χ0) is 12.3. The van der Waals surface area contributed by atoms with Crippen LogP contribution in [0.15, 0.2) is 18.2 Å². The van der Waals surface area contributed by atoms with Gasteiger partial charge in [-0.25, -0.2) is 4.39 Å². The Morgan fingerprint density at radius 2 is 2.35 bits per heavy atom. The van der Waals surface area contributed by atoms with Gasteiger partial charge in [0.05, 0.1) is 19.2 Å². The Hall–Kier alpha value is -1.31. The molecule has 1 unspecified atom stereocenters. The summed E-state index contributed by atoms with van der Waals surface area (Å²) in [6, 6.07) is 6.78. The molecule has 3 nitrogen and oxygen atoms in total. The lowest BCUT2D eigenvalue weighted by Gasteiger charge is -2.31. The Morgan fingerprint density at radius 1 is 1.53 bits per heavy atom. The van der Waals surface area contributed by atoms with E-state index in [0.29, 0.717) is 19.7 Å². The Morgan fingerprint density at radius 3 is 3.06 bits per heavy atom. The van der Waals surface area contributed by atoms with Crippen LogP contribution in [0.3, 0.4) is 0 Å². The molecule has 1 atom stereocenters. The molecule has 0 amide bonds. The highest BCUT2D eigenvalue weighted by Crippen LogP contribution is 2.22. The second-order valence-electron chi connectivity index (χ2n) is 3.89. The maximum atomic E-state index is 13.4. The van der Waals surface area contributed by atoms with Gasteiger partial charge in [0, 0.05) is 18.1 Å². The quantitative estimate of drug-likeness (QED) is 0.760. The van der Waals surface area contributed by atoms with Crippen molar-refractivity contribution in [3.8, 4) is 6.07 Å². The number of halogens is 2. The minimum Gasteiger partial charge on any atom is -0.365 e. The highest BCUT2D eigenvalue weighted by atomic mass is 35.5. The number of hydrogen-bond donors (Lipinski definition) is 0. The van der Waals surface area contributed by atoms with Crippen LogP contribution in [0.5, 0.6) is 0 Å². The summed E-state index contributed by atoms with van der Waals surface area (Å²) in [5.74, 6) is -0.0327. The molecule has 1 fully saturated rings. The third-order valence-corrected chi connectivity index (χ3v) is 2.98. The monoisotopic (exact) mass is 254 g/mol. The van der Waals surface area contributed by atoms with Crippen molar-refractivity contribution >= 4 is 17.3 Å². The van der Waals surface area contributed by atoms with Gasteiger partial charge in [0.2, 0.25) is 0 Å². The van der Waals surface area contributed by atoms with Gasteiger partial charge in [-0.3, -0.25) is 0 Å². The molecule has 0 bridgehead atoms. The van der Waals surface area contributed by atoms with Gasteiger partial charge < -0.3 is 9.64 Å². The first-order valence-electron chi connectivity index (χ1n) is 5.34. The third kappa shape index (κ3) is 2.87. The number of benzene rings is 1. The van der Waals surface area contributed by atoms with E-state index in [0.717, 1.165) is 11.3 Å². The predicted octanol–water partition coefficient (Wildman–Crippen LogP) is 2.29. The highest BCUT2D eigenvalue weighted by Gasteiger charge is 2.20. The fourth-order valence-corrected chi connectivity index (χ4v) is 2.01. The summed E-state index contributed by atoms with van der Waals surface area (Å²) < 4.78 is 18.6. The zero-order valence-corrected chi connectivity index (χ0v) is 9.95. The second-order valence-corrected chi connectivity index (χ2v) is 4.15. The van der Waals surface area contributed by atoms with E-state index < -0.39 is 6.10 Å². The molecule has 0 saturated carbocycles. The molecule has 0 aromatic heterocycles. The molecule has 90 valence electrons. The molecule has 0 N–H and O–H groups in total. The molecule has 1 heterocycles. The van der Waals surface area contributed by atoms with E-state index in [1.165, 1.54) is 12.1 Å². The van der Waals surface area contributed by atoms with Gasteiger partial charge in [-0.2, -0.15) is 5.26 Å². The van der Waals surface area contributed by atoms with Gasteiger partial charge in [-0.15, -0.1) is 11.6 Å². The van der Waals surface area contributed by atoms with Crippen molar-refractivity contribution < 1.29 is 9.13 Å². The Balaban J connectivity index is 2.21. The molecule has 1 aliphatic rings. The van der Waals surface area contributed by atoms with Crippen molar-refractivity contribution in [2.45, 2.75) is 12.0 Å². The van der Waals surface area contributed by atoms with E-state index in [1.54, 1.807) is 0 Å². The summed E-state index contributed by atoms with van der Waals surface area (Å²) >= 11 is 5.70. The first kappa shape index (κ1) is 12.2. The first-order chi connectivity index (χ1) is 8.22. The van der Waals surface area contributed by atoms with Gasteiger partial charge in [-0.05, 0) is 23.8 Å². The van der Waals surface area contributed by atoms with Crippen LogP contribution in [0.4, 0.5) is 10.1 Å². The number of ether oxygens (including phenoxy) is 1. The van der Waals surface area contributed by atoms with E-state index in [2.05, 4.69) is 6.07 Å². The van der Waals surface area contributed by atoms with E-state index in [9.17, 15) is 4.39 Å². The number of nitrogens with zero attached hydrogens (tertiary/aromatic N) is 2. The number of nitriles is 1. The molecular weight excluding hydrogens is 243 g/mol. The standard InChI is InChI=1S/C12H12ClFN2O/c13-6-9-3-10(14)5-11(4-9)16-1-2-17-12(7-15)8-16/h3-5,12H,1-2,6,8H2. The van der Waals surface area contributed by atoms with Crippen LogP contribution in [0.2, 0.25) is 0 Å².